The zero-order chi connectivity index (χ0) is 20.2. The van der Waals surface area contributed by atoms with Crippen LogP contribution in [-0.2, 0) is 23.8 Å². The van der Waals surface area contributed by atoms with Crippen LogP contribution in [0.3, 0.4) is 0 Å². The minimum Gasteiger partial charge on any atom is -0.480 e. The fourth-order valence-corrected chi connectivity index (χ4v) is 4.06. The SMILES string of the molecule is C/C(=C/C=C/C1=C(O)OC2(CCCCC2)OC1=O)C(=O)OC1(C)CCCCC1. The first-order valence-electron chi connectivity index (χ1n) is 10.3. The number of carbonyl (C=O) groups is 2. The Morgan fingerprint density at radius 3 is 2.25 bits per heavy atom. The fourth-order valence-electron chi connectivity index (χ4n) is 4.06. The summed E-state index contributed by atoms with van der Waals surface area (Å²) < 4.78 is 16.7. The van der Waals surface area contributed by atoms with Gasteiger partial charge in [0.15, 0.2) is 0 Å². The molecule has 0 saturated heterocycles. The summed E-state index contributed by atoms with van der Waals surface area (Å²) >= 11 is 0. The molecule has 6 heteroatoms. The number of carbonyl (C=O) groups excluding carboxylic acids is 2. The highest BCUT2D eigenvalue weighted by Gasteiger charge is 2.44. The third kappa shape index (κ3) is 4.78. The largest absolute Gasteiger partial charge is 0.480 e. The summed E-state index contributed by atoms with van der Waals surface area (Å²) in [6.07, 6.45) is 13.6. The number of hydrogen-bond acceptors (Lipinski definition) is 6. The van der Waals surface area contributed by atoms with E-state index in [1.807, 2.05) is 6.92 Å². The molecular weight excluding hydrogens is 360 g/mol. The number of aliphatic hydroxyl groups excluding tert-OH is 1. The Kier molecular flexibility index (Phi) is 6.16. The van der Waals surface area contributed by atoms with Gasteiger partial charge in [0.25, 0.3) is 11.7 Å². The van der Waals surface area contributed by atoms with Crippen LogP contribution in [0.15, 0.2) is 35.3 Å². The minimum absolute atomic E-state index is 0.0483. The smallest absolute Gasteiger partial charge is 0.348 e. The standard InChI is InChI=1S/C22H30O6/c1-16(18(23)26-21(2)12-5-3-6-13-21)10-9-11-17-19(24)27-22(28-20(17)25)14-7-4-8-15-22/h9-11,24H,3-8,12-15H2,1-2H3/b11-9+,16-10-. The van der Waals surface area contributed by atoms with Gasteiger partial charge in [0.05, 0.1) is 0 Å². The summed E-state index contributed by atoms with van der Waals surface area (Å²) in [4.78, 5) is 24.6. The zero-order valence-electron chi connectivity index (χ0n) is 16.8. The molecule has 154 valence electrons. The molecule has 3 aliphatic rings. The first kappa shape index (κ1) is 20.5. The number of allylic oxidation sites excluding steroid dienone is 2. The Balaban J connectivity index is 1.63. The summed E-state index contributed by atoms with van der Waals surface area (Å²) in [5.74, 6) is -2.42. The van der Waals surface area contributed by atoms with Crippen molar-refractivity contribution in [3.63, 3.8) is 0 Å². The van der Waals surface area contributed by atoms with Gasteiger partial charge >= 0.3 is 11.9 Å². The molecule has 6 nitrogen and oxygen atoms in total. The molecule has 1 aliphatic heterocycles. The van der Waals surface area contributed by atoms with Crippen LogP contribution in [-0.4, -0.2) is 28.4 Å². The van der Waals surface area contributed by atoms with Gasteiger partial charge < -0.3 is 19.3 Å². The highest BCUT2D eigenvalue weighted by molar-refractivity contribution is 5.93. The molecule has 0 aromatic rings. The van der Waals surface area contributed by atoms with Crippen LogP contribution in [0.1, 0.15) is 78.1 Å². The van der Waals surface area contributed by atoms with Gasteiger partial charge in [-0.15, -0.1) is 0 Å². The maximum Gasteiger partial charge on any atom is 0.348 e. The summed E-state index contributed by atoms with van der Waals surface area (Å²) in [5.41, 5.74) is -0.0191. The number of rotatable bonds is 4. The van der Waals surface area contributed by atoms with Gasteiger partial charge in [-0.05, 0) is 58.4 Å². The lowest BCUT2D eigenvalue weighted by Gasteiger charge is -2.38. The van der Waals surface area contributed by atoms with Crippen LogP contribution < -0.4 is 0 Å². The molecule has 0 amide bonds. The van der Waals surface area contributed by atoms with E-state index in [0.29, 0.717) is 18.4 Å². The van der Waals surface area contributed by atoms with Gasteiger partial charge in [-0.2, -0.15) is 0 Å². The first-order valence-corrected chi connectivity index (χ1v) is 10.3. The van der Waals surface area contributed by atoms with E-state index in [2.05, 4.69) is 0 Å². The van der Waals surface area contributed by atoms with Crippen molar-refractivity contribution in [2.45, 2.75) is 89.4 Å². The Hall–Kier alpha value is -2.24. The van der Waals surface area contributed by atoms with Gasteiger partial charge in [0.2, 0.25) is 0 Å². The molecule has 0 aromatic heterocycles. The topological polar surface area (TPSA) is 82.1 Å². The van der Waals surface area contributed by atoms with Crippen molar-refractivity contribution in [2.75, 3.05) is 0 Å². The summed E-state index contributed by atoms with van der Waals surface area (Å²) in [5, 5.41) is 10.2. The summed E-state index contributed by atoms with van der Waals surface area (Å²) in [7, 11) is 0. The number of hydrogen-bond donors (Lipinski definition) is 1. The van der Waals surface area contributed by atoms with Crippen molar-refractivity contribution in [1.29, 1.82) is 0 Å². The molecule has 0 radical (unpaired) electrons. The summed E-state index contributed by atoms with van der Waals surface area (Å²) in [6, 6.07) is 0. The van der Waals surface area contributed by atoms with E-state index in [4.69, 9.17) is 14.2 Å². The molecule has 0 aromatic carbocycles. The quantitative estimate of drug-likeness (QED) is 0.423. The second kappa shape index (κ2) is 8.41. The van der Waals surface area contributed by atoms with E-state index in [9.17, 15) is 14.7 Å². The normalized spacial score (nSPS) is 24.8. The third-order valence-electron chi connectivity index (χ3n) is 5.81. The summed E-state index contributed by atoms with van der Waals surface area (Å²) in [6.45, 7) is 3.65. The maximum absolute atomic E-state index is 12.3. The maximum atomic E-state index is 12.3. The van der Waals surface area contributed by atoms with Crippen LogP contribution in [0.4, 0.5) is 0 Å². The molecule has 28 heavy (non-hydrogen) atoms. The van der Waals surface area contributed by atoms with E-state index in [1.165, 1.54) is 18.6 Å². The van der Waals surface area contributed by atoms with Gasteiger partial charge in [-0.25, -0.2) is 9.59 Å². The molecule has 0 unspecified atom stereocenters. The molecule has 1 heterocycles. The van der Waals surface area contributed by atoms with Crippen LogP contribution in [0.2, 0.25) is 0 Å². The van der Waals surface area contributed by atoms with Crippen molar-refractivity contribution < 1.29 is 28.9 Å². The molecule has 0 bridgehead atoms. The molecule has 1 N–H and O–H groups in total. The predicted octanol–water partition coefficient (Wildman–Crippen LogP) is 4.76. The lowest BCUT2D eigenvalue weighted by atomic mass is 9.86. The molecule has 0 atom stereocenters. The Bertz CT molecular complexity index is 703. The highest BCUT2D eigenvalue weighted by Crippen LogP contribution is 2.38. The third-order valence-corrected chi connectivity index (χ3v) is 5.81. The average Bonchev–Trinajstić information content (AvgIpc) is 2.64. The Morgan fingerprint density at radius 1 is 1.04 bits per heavy atom. The molecule has 2 fully saturated rings. The monoisotopic (exact) mass is 390 g/mol. The van der Waals surface area contributed by atoms with Crippen LogP contribution in [0.25, 0.3) is 0 Å². The molecule has 2 aliphatic carbocycles. The van der Waals surface area contributed by atoms with Gasteiger partial charge in [0, 0.05) is 18.4 Å². The number of ether oxygens (including phenoxy) is 3. The molecular formula is C22H30O6. The Labute approximate surface area is 166 Å². The van der Waals surface area contributed by atoms with Crippen molar-refractivity contribution in [1.82, 2.24) is 0 Å². The van der Waals surface area contributed by atoms with Gasteiger partial charge in [0.1, 0.15) is 11.2 Å². The predicted molar refractivity (Wildman–Crippen MR) is 103 cm³/mol. The van der Waals surface area contributed by atoms with E-state index in [1.54, 1.807) is 13.0 Å². The highest BCUT2D eigenvalue weighted by atomic mass is 16.8. The fraction of sp³-hybridized carbons (Fsp3) is 0.636. The van der Waals surface area contributed by atoms with E-state index in [0.717, 1.165) is 44.9 Å². The lowest BCUT2D eigenvalue weighted by Crippen LogP contribution is -2.43. The van der Waals surface area contributed by atoms with Crippen molar-refractivity contribution in [3.8, 4) is 0 Å². The first-order chi connectivity index (χ1) is 13.3. The zero-order valence-corrected chi connectivity index (χ0v) is 16.8. The lowest BCUT2D eigenvalue weighted by molar-refractivity contribution is -0.249. The van der Waals surface area contributed by atoms with Crippen molar-refractivity contribution >= 4 is 11.9 Å². The van der Waals surface area contributed by atoms with Crippen LogP contribution in [0, 0.1) is 0 Å². The van der Waals surface area contributed by atoms with E-state index >= 15 is 0 Å². The molecule has 2 saturated carbocycles. The second-order valence-corrected chi connectivity index (χ2v) is 8.29. The average molecular weight is 390 g/mol. The van der Waals surface area contributed by atoms with Crippen LogP contribution in [0.5, 0.6) is 0 Å². The molecule has 3 rings (SSSR count). The number of aliphatic hydroxyl groups is 1. The van der Waals surface area contributed by atoms with E-state index < -0.39 is 23.3 Å². The Morgan fingerprint density at radius 2 is 1.64 bits per heavy atom. The van der Waals surface area contributed by atoms with Crippen molar-refractivity contribution in [3.05, 3.63) is 35.3 Å². The molecule has 1 spiro atoms. The van der Waals surface area contributed by atoms with E-state index in [-0.39, 0.29) is 11.5 Å². The van der Waals surface area contributed by atoms with Gasteiger partial charge in [-0.1, -0.05) is 25.0 Å². The van der Waals surface area contributed by atoms with Crippen molar-refractivity contribution in [2.24, 2.45) is 0 Å². The van der Waals surface area contributed by atoms with Crippen LogP contribution >= 0.6 is 0 Å². The second-order valence-electron chi connectivity index (χ2n) is 8.29. The van der Waals surface area contributed by atoms with Gasteiger partial charge in [-0.3, -0.25) is 0 Å². The minimum atomic E-state index is -1.03. The number of esters is 2.